The quantitative estimate of drug-likeness (QED) is 0.865. The van der Waals surface area contributed by atoms with E-state index in [9.17, 15) is 4.79 Å². The number of carbonyl (C=O) groups excluding carboxylic acids is 1. The Morgan fingerprint density at radius 3 is 2.83 bits per heavy atom. The Morgan fingerprint density at radius 1 is 1.44 bits per heavy atom. The number of carbonyl (C=O) groups is 1. The van der Waals surface area contributed by atoms with E-state index in [0.717, 1.165) is 16.2 Å². The fourth-order valence-electron chi connectivity index (χ4n) is 1.74. The normalized spacial score (nSPS) is 12.7. The Kier molecular flexibility index (Phi) is 3.61. The molecule has 2 aromatic rings. The van der Waals surface area contributed by atoms with E-state index in [0.29, 0.717) is 0 Å². The van der Waals surface area contributed by atoms with Gasteiger partial charge in [-0.25, -0.2) is 4.98 Å². The highest BCUT2D eigenvalue weighted by atomic mass is 32.2. The van der Waals surface area contributed by atoms with Crippen LogP contribution in [0.5, 0.6) is 0 Å². The van der Waals surface area contributed by atoms with Gasteiger partial charge in [0.1, 0.15) is 0 Å². The van der Waals surface area contributed by atoms with Gasteiger partial charge in [0.2, 0.25) is 5.91 Å². The average Bonchev–Trinajstić information content (AvgIpc) is 2.68. The van der Waals surface area contributed by atoms with Crippen molar-refractivity contribution >= 4 is 28.7 Å². The van der Waals surface area contributed by atoms with Crippen LogP contribution in [0.3, 0.4) is 0 Å². The van der Waals surface area contributed by atoms with E-state index in [1.54, 1.807) is 19.0 Å². The number of fused-ring (bicyclic) bond motifs is 1. The zero-order valence-corrected chi connectivity index (χ0v) is 11.8. The minimum atomic E-state index is -0.137. The summed E-state index contributed by atoms with van der Waals surface area (Å²) >= 11 is 1.45. The molecule has 2 rings (SSSR count). The minimum absolute atomic E-state index is 0.0941. The molecule has 1 amide bonds. The summed E-state index contributed by atoms with van der Waals surface area (Å²) in [5, 5.41) is 0.653. The van der Waals surface area contributed by atoms with Gasteiger partial charge in [-0.3, -0.25) is 4.79 Å². The zero-order chi connectivity index (χ0) is 13.3. The molecule has 1 unspecified atom stereocenters. The van der Waals surface area contributed by atoms with Crippen LogP contribution in [0.15, 0.2) is 23.4 Å². The maximum Gasteiger partial charge on any atom is 0.235 e. The summed E-state index contributed by atoms with van der Waals surface area (Å²) in [6.07, 6.45) is 0. The SMILES string of the molecule is Cc1ccc2nc(SC(C)C(=O)N(C)C)[nH]c2c1. The number of nitrogens with zero attached hydrogens (tertiary/aromatic N) is 2. The number of rotatable bonds is 3. The van der Waals surface area contributed by atoms with E-state index in [2.05, 4.69) is 16.0 Å². The molecule has 5 heteroatoms. The van der Waals surface area contributed by atoms with E-state index < -0.39 is 0 Å². The average molecular weight is 263 g/mol. The van der Waals surface area contributed by atoms with Crippen molar-refractivity contribution in [2.24, 2.45) is 0 Å². The topological polar surface area (TPSA) is 49.0 Å². The summed E-state index contributed by atoms with van der Waals surface area (Å²) in [6.45, 7) is 3.94. The molecule has 0 saturated carbocycles. The fraction of sp³-hybridized carbons (Fsp3) is 0.385. The van der Waals surface area contributed by atoms with Gasteiger partial charge in [-0.15, -0.1) is 0 Å². The third kappa shape index (κ3) is 2.67. The number of aromatic amines is 1. The largest absolute Gasteiger partial charge is 0.348 e. The number of imidazole rings is 1. The second kappa shape index (κ2) is 5.02. The molecule has 0 aliphatic carbocycles. The number of aromatic nitrogens is 2. The summed E-state index contributed by atoms with van der Waals surface area (Å²) in [5.74, 6) is 0.0941. The molecule has 0 spiro atoms. The maximum atomic E-state index is 11.8. The Hall–Kier alpha value is -1.49. The van der Waals surface area contributed by atoms with Crippen molar-refractivity contribution in [2.75, 3.05) is 14.1 Å². The van der Waals surface area contributed by atoms with Gasteiger partial charge < -0.3 is 9.88 Å². The lowest BCUT2D eigenvalue weighted by atomic mass is 10.2. The van der Waals surface area contributed by atoms with Crippen LogP contribution in [-0.4, -0.2) is 40.1 Å². The maximum absolute atomic E-state index is 11.8. The second-order valence-corrected chi connectivity index (χ2v) is 5.88. The Labute approximate surface area is 111 Å². The summed E-state index contributed by atoms with van der Waals surface area (Å²) in [6, 6.07) is 6.08. The number of nitrogens with one attached hydrogen (secondary N) is 1. The van der Waals surface area contributed by atoms with Crippen LogP contribution in [0.1, 0.15) is 12.5 Å². The van der Waals surface area contributed by atoms with Crippen LogP contribution in [0, 0.1) is 6.92 Å². The van der Waals surface area contributed by atoms with Crippen LogP contribution in [0.4, 0.5) is 0 Å². The molecule has 1 atom stereocenters. The summed E-state index contributed by atoms with van der Waals surface area (Å²) < 4.78 is 0. The predicted molar refractivity (Wildman–Crippen MR) is 74.8 cm³/mol. The fourth-order valence-corrected chi connectivity index (χ4v) is 2.70. The smallest absolute Gasteiger partial charge is 0.235 e. The van der Waals surface area contributed by atoms with Gasteiger partial charge in [0.15, 0.2) is 5.16 Å². The van der Waals surface area contributed by atoms with E-state index in [1.165, 1.54) is 17.3 Å². The number of aryl methyl sites for hydroxylation is 1. The van der Waals surface area contributed by atoms with Gasteiger partial charge in [-0.1, -0.05) is 17.8 Å². The molecule has 0 bridgehead atoms. The molecule has 4 nitrogen and oxygen atoms in total. The van der Waals surface area contributed by atoms with Crippen LogP contribution in [-0.2, 0) is 4.79 Å². The molecule has 0 radical (unpaired) electrons. The molecule has 0 aliphatic heterocycles. The third-order valence-electron chi connectivity index (χ3n) is 2.69. The van der Waals surface area contributed by atoms with Gasteiger partial charge in [-0.05, 0) is 31.5 Å². The van der Waals surface area contributed by atoms with Crippen molar-refractivity contribution in [3.63, 3.8) is 0 Å². The number of thioether (sulfide) groups is 1. The van der Waals surface area contributed by atoms with Crippen molar-refractivity contribution < 1.29 is 4.79 Å². The van der Waals surface area contributed by atoms with Crippen LogP contribution < -0.4 is 0 Å². The molecule has 1 aromatic carbocycles. The second-order valence-electron chi connectivity index (χ2n) is 4.56. The van der Waals surface area contributed by atoms with Crippen LogP contribution in [0.2, 0.25) is 0 Å². The van der Waals surface area contributed by atoms with Crippen molar-refractivity contribution in [1.82, 2.24) is 14.9 Å². The Bertz CT molecular complexity index is 577. The molecule has 0 fully saturated rings. The molecule has 0 saturated heterocycles. The molecule has 1 aromatic heterocycles. The van der Waals surface area contributed by atoms with Gasteiger partial charge in [-0.2, -0.15) is 0 Å². The predicted octanol–water partition coefficient (Wildman–Crippen LogP) is 2.44. The van der Waals surface area contributed by atoms with E-state index in [-0.39, 0.29) is 11.2 Å². The summed E-state index contributed by atoms with van der Waals surface area (Å²) in [7, 11) is 3.53. The summed E-state index contributed by atoms with van der Waals surface area (Å²) in [5.41, 5.74) is 3.15. The van der Waals surface area contributed by atoms with E-state index >= 15 is 0 Å². The first-order chi connectivity index (χ1) is 8.47. The van der Waals surface area contributed by atoms with Gasteiger partial charge >= 0.3 is 0 Å². The number of benzene rings is 1. The monoisotopic (exact) mass is 263 g/mol. The van der Waals surface area contributed by atoms with Crippen molar-refractivity contribution in [3.05, 3.63) is 23.8 Å². The van der Waals surface area contributed by atoms with Gasteiger partial charge in [0.05, 0.1) is 16.3 Å². The van der Waals surface area contributed by atoms with Crippen LogP contribution >= 0.6 is 11.8 Å². The summed E-state index contributed by atoms with van der Waals surface area (Å²) in [4.78, 5) is 21.1. The van der Waals surface area contributed by atoms with Crippen molar-refractivity contribution in [1.29, 1.82) is 0 Å². The third-order valence-corrected chi connectivity index (χ3v) is 3.66. The minimum Gasteiger partial charge on any atom is -0.348 e. The molecule has 18 heavy (non-hydrogen) atoms. The highest BCUT2D eigenvalue weighted by molar-refractivity contribution is 8.00. The zero-order valence-electron chi connectivity index (χ0n) is 11.0. The number of H-pyrrole nitrogens is 1. The lowest BCUT2D eigenvalue weighted by molar-refractivity contribution is -0.127. The standard InChI is InChI=1S/C13H17N3OS/c1-8-5-6-10-11(7-8)15-13(14-10)18-9(2)12(17)16(3)4/h5-7,9H,1-4H3,(H,14,15). The Morgan fingerprint density at radius 2 is 2.17 bits per heavy atom. The molecule has 1 heterocycles. The van der Waals surface area contributed by atoms with E-state index in [1.807, 2.05) is 26.0 Å². The van der Waals surface area contributed by atoms with E-state index in [4.69, 9.17) is 0 Å². The number of hydrogen-bond donors (Lipinski definition) is 1. The molecule has 96 valence electrons. The highest BCUT2D eigenvalue weighted by Gasteiger charge is 2.17. The molecule has 1 N–H and O–H groups in total. The van der Waals surface area contributed by atoms with Crippen molar-refractivity contribution in [2.45, 2.75) is 24.3 Å². The first kappa shape index (κ1) is 13.0. The van der Waals surface area contributed by atoms with Gasteiger partial charge in [0, 0.05) is 14.1 Å². The van der Waals surface area contributed by atoms with Crippen molar-refractivity contribution in [3.8, 4) is 0 Å². The Balaban J connectivity index is 2.19. The lowest BCUT2D eigenvalue weighted by Gasteiger charge is -2.14. The van der Waals surface area contributed by atoms with Crippen LogP contribution in [0.25, 0.3) is 11.0 Å². The lowest BCUT2D eigenvalue weighted by Crippen LogP contribution is -2.29. The first-order valence-corrected chi connectivity index (χ1v) is 6.69. The number of hydrogen-bond acceptors (Lipinski definition) is 3. The molecular weight excluding hydrogens is 246 g/mol. The van der Waals surface area contributed by atoms with Gasteiger partial charge in [0.25, 0.3) is 0 Å². The molecule has 0 aliphatic rings. The molecular formula is C13H17N3OS. The number of amides is 1. The first-order valence-electron chi connectivity index (χ1n) is 5.81. The highest BCUT2D eigenvalue weighted by Crippen LogP contribution is 2.24.